The third-order valence-corrected chi connectivity index (χ3v) is 4.79. The van der Waals surface area contributed by atoms with Crippen molar-refractivity contribution in [1.82, 2.24) is 0 Å². The molecule has 4 nitrogen and oxygen atoms in total. The molecular formula is C24H37NO3. The van der Waals surface area contributed by atoms with Gasteiger partial charge in [-0.05, 0) is 49.9 Å². The molecule has 1 aromatic carbocycles. The van der Waals surface area contributed by atoms with E-state index in [0.717, 1.165) is 25.1 Å². The molecule has 0 radical (unpaired) electrons. The quantitative estimate of drug-likeness (QED) is 0.136. The Labute approximate surface area is 170 Å². The van der Waals surface area contributed by atoms with Gasteiger partial charge in [-0.15, -0.1) is 0 Å². The number of hydrogen-bond donors (Lipinski definition) is 2. The summed E-state index contributed by atoms with van der Waals surface area (Å²) in [4.78, 5) is 22.2. The summed E-state index contributed by atoms with van der Waals surface area (Å²) < 4.78 is 0. The number of carbonyl (C=O) groups excluding carboxylic acids is 1. The van der Waals surface area contributed by atoms with Crippen molar-refractivity contribution in [3.63, 3.8) is 0 Å². The Balaban J connectivity index is 2.01. The highest BCUT2D eigenvalue weighted by molar-refractivity contribution is 6.05. The molecule has 2 N–H and O–H groups in total. The highest BCUT2D eigenvalue weighted by Crippen LogP contribution is 2.12. The van der Waals surface area contributed by atoms with Crippen LogP contribution in [0.1, 0.15) is 94.3 Å². The van der Waals surface area contributed by atoms with Gasteiger partial charge in [0.1, 0.15) is 6.42 Å². The lowest BCUT2D eigenvalue weighted by molar-refractivity contribution is -0.135. The summed E-state index contributed by atoms with van der Waals surface area (Å²) in [6, 6.07) is 7.01. The molecule has 156 valence electrons. The summed E-state index contributed by atoms with van der Waals surface area (Å²) in [6.45, 7) is 3.14. The molecule has 0 aromatic heterocycles. The molecule has 28 heavy (non-hydrogen) atoms. The van der Waals surface area contributed by atoms with E-state index in [1.54, 1.807) is 12.1 Å². The van der Waals surface area contributed by atoms with Crippen LogP contribution in [0.25, 0.3) is 0 Å². The highest BCUT2D eigenvalue weighted by Gasteiger charge is 2.09. The minimum atomic E-state index is -1.09. The molecule has 0 aliphatic heterocycles. The molecule has 0 spiro atoms. The highest BCUT2D eigenvalue weighted by atomic mass is 16.4. The minimum Gasteiger partial charge on any atom is -0.481 e. The van der Waals surface area contributed by atoms with Crippen LogP contribution in [-0.4, -0.2) is 23.4 Å². The standard InChI is InChI=1S/C24H37NO3/c1-2-3-4-5-6-7-8-9-10-11-12-13-14-19-25-22-17-15-21(16-18-22)23(26)20-24(27)28/h11-12,15-18,25H,2-10,13-14,19-20H2,1H3,(H,27,28)/b12-11+. The Kier molecular flexibility index (Phi) is 13.6. The van der Waals surface area contributed by atoms with E-state index in [0.29, 0.717) is 5.56 Å². The lowest BCUT2D eigenvalue weighted by atomic mass is 10.1. The van der Waals surface area contributed by atoms with E-state index in [1.807, 2.05) is 12.1 Å². The van der Waals surface area contributed by atoms with E-state index in [-0.39, 0.29) is 5.78 Å². The number of rotatable bonds is 17. The van der Waals surface area contributed by atoms with Gasteiger partial charge in [0.05, 0.1) is 0 Å². The van der Waals surface area contributed by atoms with Gasteiger partial charge in [0.25, 0.3) is 0 Å². The second-order valence-electron chi connectivity index (χ2n) is 7.38. The van der Waals surface area contributed by atoms with Gasteiger partial charge in [-0.3, -0.25) is 9.59 Å². The summed E-state index contributed by atoms with van der Waals surface area (Å²) in [5, 5.41) is 12.0. The van der Waals surface area contributed by atoms with Gasteiger partial charge in [0.2, 0.25) is 0 Å². The van der Waals surface area contributed by atoms with Gasteiger partial charge in [-0.25, -0.2) is 0 Å². The fraction of sp³-hybridized carbons (Fsp3) is 0.583. The molecule has 0 saturated carbocycles. The Hall–Kier alpha value is -2.10. The second kappa shape index (κ2) is 15.9. The molecule has 0 aliphatic carbocycles. The van der Waals surface area contributed by atoms with E-state index < -0.39 is 12.4 Å². The average Bonchev–Trinajstić information content (AvgIpc) is 2.68. The first kappa shape index (κ1) is 23.9. The number of aliphatic carboxylic acids is 1. The summed E-state index contributed by atoms with van der Waals surface area (Å²) >= 11 is 0. The largest absolute Gasteiger partial charge is 0.481 e. The zero-order valence-corrected chi connectivity index (χ0v) is 17.4. The van der Waals surface area contributed by atoms with Crippen molar-refractivity contribution in [3.8, 4) is 0 Å². The van der Waals surface area contributed by atoms with Crippen LogP contribution in [0, 0.1) is 0 Å². The maximum Gasteiger partial charge on any atom is 0.311 e. The number of ketones is 1. The Morgan fingerprint density at radius 3 is 2.04 bits per heavy atom. The van der Waals surface area contributed by atoms with Crippen LogP contribution in [-0.2, 0) is 4.79 Å². The molecule has 0 aliphatic rings. The van der Waals surface area contributed by atoms with Crippen LogP contribution in [0.15, 0.2) is 36.4 Å². The molecule has 1 aromatic rings. The normalized spacial score (nSPS) is 11.0. The van der Waals surface area contributed by atoms with E-state index in [4.69, 9.17) is 5.11 Å². The smallest absolute Gasteiger partial charge is 0.311 e. The molecule has 0 heterocycles. The molecule has 0 unspecified atom stereocenters. The van der Waals surface area contributed by atoms with Gasteiger partial charge >= 0.3 is 5.97 Å². The third-order valence-electron chi connectivity index (χ3n) is 4.79. The number of benzene rings is 1. The van der Waals surface area contributed by atoms with Gasteiger partial charge in [0, 0.05) is 17.8 Å². The Morgan fingerprint density at radius 1 is 0.857 bits per heavy atom. The van der Waals surface area contributed by atoms with Gasteiger partial charge in [-0.2, -0.15) is 0 Å². The first-order valence-corrected chi connectivity index (χ1v) is 10.9. The van der Waals surface area contributed by atoms with E-state index in [1.165, 1.54) is 57.8 Å². The lowest BCUT2D eigenvalue weighted by Crippen LogP contribution is -2.07. The molecule has 4 heteroatoms. The van der Waals surface area contributed by atoms with Crippen molar-refractivity contribution in [2.75, 3.05) is 11.9 Å². The topological polar surface area (TPSA) is 66.4 Å². The first-order chi connectivity index (χ1) is 13.6. The summed E-state index contributed by atoms with van der Waals surface area (Å²) in [5.74, 6) is -1.46. The fourth-order valence-electron chi connectivity index (χ4n) is 3.10. The van der Waals surface area contributed by atoms with E-state index >= 15 is 0 Å². The summed E-state index contributed by atoms with van der Waals surface area (Å²) in [6.07, 6.45) is 18.4. The lowest BCUT2D eigenvalue weighted by Gasteiger charge is -2.06. The van der Waals surface area contributed by atoms with Crippen molar-refractivity contribution < 1.29 is 14.7 Å². The van der Waals surface area contributed by atoms with Crippen LogP contribution in [0.4, 0.5) is 5.69 Å². The Morgan fingerprint density at radius 2 is 1.43 bits per heavy atom. The molecule has 0 atom stereocenters. The molecule has 0 amide bonds. The monoisotopic (exact) mass is 387 g/mol. The maximum atomic E-state index is 11.7. The van der Waals surface area contributed by atoms with Gasteiger partial charge in [-0.1, -0.05) is 64.0 Å². The average molecular weight is 388 g/mol. The zero-order valence-electron chi connectivity index (χ0n) is 17.4. The molecule has 1 rings (SSSR count). The van der Waals surface area contributed by atoms with Crippen LogP contribution >= 0.6 is 0 Å². The fourth-order valence-corrected chi connectivity index (χ4v) is 3.10. The van der Waals surface area contributed by atoms with Crippen LogP contribution in [0.3, 0.4) is 0 Å². The summed E-state index contributed by atoms with van der Waals surface area (Å²) in [7, 11) is 0. The number of carbonyl (C=O) groups is 2. The molecular weight excluding hydrogens is 350 g/mol. The molecule has 0 saturated heterocycles. The van der Waals surface area contributed by atoms with Crippen molar-refractivity contribution in [2.24, 2.45) is 0 Å². The zero-order chi connectivity index (χ0) is 20.5. The number of carboxylic acid groups (broad SMARTS) is 1. The van der Waals surface area contributed by atoms with Crippen molar-refractivity contribution in [3.05, 3.63) is 42.0 Å². The van der Waals surface area contributed by atoms with Crippen molar-refractivity contribution >= 4 is 17.4 Å². The van der Waals surface area contributed by atoms with Crippen LogP contribution in [0.5, 0.6) is 0 Å². The predicted molar refractivity (Wildman–Crippen MR) is 117 cm³/mol. The SMILES string of the molecule is CCCCCCCCCC/C=C/CCCNc1ccc(C(=O)CC(=O)O)cc1. The van der Waals surface area contributed by atoms with Gasteiger partial charge < -0.3 is 10.4 Å². The number of hydrogen-bond acceptors (Lipinski definition) is 3. The number of nitrogens with one attached hydrogen (secondary N) is 1. The Bertz CT molecular complexity index is 578. The van der Waals surface area contributed by atoms with Crippen LogP contribution < -0.4 is 5.32 Å². The van der Waals surface area contributed by atoms with E-state index in [2.05, 4.69) is 24.4 Å². The number of anilines is 1. The maximum absolute atomic E-state index is 11.7. The minimum absolute atomic E-state index is 0.360. The number of carboxylic acids is 1. The number of Topliss-reactive ketones (excluding diaryl/α,β-unsaturated/α-hetero) is 1. The number of unbranched alkanes of at least 4 members (excludes halogenated alkanes) is 9. The predicted octanol–water partition coefficient (Wildman–Crippen LogP) is 6.62. The molecule has 0 bridgehead atoms. The first-order valence-electron chi connectivity index (χ1n) is 10.9. The van der Waals surface area contributed by atoms with E-state index in [9.17, 15) is 9.59 Å². The van der Waals surface area contributed by atoms with Crippen molar-refractivity contribution in [1.29, 1.82) is 0 Å². The summed E-state index contributed by atoms with van der Waals surface area (Å²) in [5.41, 5.74) is 1.40. The number of allylic oxidation sites excluding steroid dienone is 2. The third kappa shape index (κ3) is 12.3. The van der Waals surface area contributed by atoms with Crippen LogP contribution in [0.2, 0.25) is 0 Å². The van der Waals surface area contributed by atoms with Crippen molar-refractivity contribution in [2.45, 2.75) is 84.0 Å². The molecule has 0 fully saturated rings. The van der Waals surface area contributed by atoms with Gasteiger partial charge in [0.15, 0.2) is 5.78 Å². The second-order valence-corrected chi connectivity index (χ2v) is 7.38.